The van der Waals surface area contributed by atoms with E-state index in [4.69, 9.17) is 0 Å². The average Bonchev–Trinajstić information content (AvgIpc) is 2.88. The Balaban J connectivity index is 1.46. The van der Waals surface area contributed by atoms with Crippen LogP contribution in [0, 0.1) is 5.92 Å². The Labute approximate surface area is 220 Å². The second kappa shape index (κ2) is 11.5. The molecule has 1 nitrogen and oxygen atoms in total. The fraction of sp³-hybridized carbons (Fsp3) is 0.419. The predicted molar refractivity (Wildman–Crippen MR) is 139 cm³/mol. The molecule has 204 valence electrons. The van der Waals surface area contributed by atoms with E-state index in [1.807, 2.05) is 12.1 Å². The first-order valence-corrected chi connectivity index (χ1v) is 13.1. The molecule has 1 saturated heterocycles. The van der Waals surface area contributed by atoms with Gasteiger partial charge in [-0.1, -0.05) is 62.4 Å². The van der Waals surface area contributed by atoms with Crippen LogP contribution in [0.3, 0.4) is 0 Å². The highest BCUT2D eigenvalue weighted by Crippen LogP contribution is 2.38. The Kier molecular flexibility index (Phi) is 8.55. The quantitative estimate of drug-likeness (QED) is 0.273. The maximum Gasteiger partial charge on any atom is 0.416 e. The standard InChI is InChI=1S/C31H33F6N/c1-21(2)6-15-29(24-9-13-28(14-10-24)31(35,36)37)38-18-16-23(17-19-38)26-5-3-4-25(20-26)22-7-11-27(12-8-22)30(32,33)34/h3-5,7-14,20-21,23,29H,6,15-19H2,1-2H3. The fourth-order valence-electron chi connectivity index (χ4n) is 5.31. The second-order valence-electron chi connectivity index (χ2n) is 10.6. The molecule has 1 atom stereocenters. The van der Waals surface area contributed by atoms with Crippen LogP contribution in [-0.4, -0.2) is 18.0 Å². The molecule has 38 heavy (non-hydrogen) atoms. The molecule has 0 bridgehead atoms. The number of alkyl halides is 6. The van der Waals surface area contributed by atoms with Crippen molar-refractivity contribution in [2.24, 2.45) is 5.92 Å². The molecule has 4 rings (SSSR count). The number of hydrogen-bond donors (Lipinski definition) is 0. The number of nitrogens with zero attached hydrogens (tertiary/aromatic N) is 1. The number of likely N-dealkylation sites (tertiary alicyclic amines) is 1. The van der Waals surface area contributed by atoms with E-state index in [0.717, 1.165) is 73.2 Å². The Morgan fingerprint density at radius 3 is 1.79 bits per heavy atom. The highest BCUT2D eigenvalue weighted by atomic mass is 19.4. The maximum atomic E-state index is 13.1. The Hall–Kier alpha value is -2.80. The monoisotopic (exact) mass is 533 g/mol. The lowest BCUT2D eigenvalue weighted by molar-refractivity contribution is -0.138. The van der Waals surface area contributed by atoms with Crippen LogP contribution < -0.4 is 0 Å². The zero-order valence-electron chi connectivity index (χ0n) is 21.6. The van der Waals surface area contributed by atoms with Crippen LogP contribution in [0.5, 0.6) is 0 Å². The first-order valence-electron chi connectivity index (χ1n) is 13.1. The van der Waals surface area contributed by atoms with E-state index in [-0.39, 0.29) is 6.04 Å². The summed E-state index contributed by atoms with van der Waals surface area (Å²) in [5, 5.41) is 0. The van der Waals surface area contributed by atoms with Crippen LogP contribution >= 0.6 is 0 Å². The van der Waals surface area contributed by atoms with Crippen LogP contribution in [0.2, 0.25) is 0 Å². The lowest BCUT2D eigenvalue weighted by Gasteiger charge is -2.38. The van der Waals surface area contributed by atoms with E-state index in [0.29, 0.717) is 11.8 Å². The molecule has 0 saturated carbocycles. The predicted octanol–water partition coefficient (Wildman–Crippen LogP) is 9.75. The molecule has 0 N–H and O–H groups in total. The number of benzene rings is 3. The Morgan fingerprint density at radius 1 is 0.711 bits per heavy atom. The molecule has 0 radical (unpaired) electrons. The first-order chi connectivity index (χ1) is 17.9. The van der Waals surface area contributed by atoms with Crippen molar-refractivity contribution in [1.29, 1.82) is 0 Å². The topological polar surface area (TPSA) is 3.24 Å². The zero-order chi connectivity index (χ0) is 27.5. The molecule has 0 spiro atoms. The van der Waals surface area contributed by atoms with Crippen molar-refractivity contribution in [3.63, 3.8) is 0 Å². The fourth-order valence-corrected chi connectivity index (χ4v) is 5.31. The molecular weight excluding hydrogens is 500 g/mol. The third-order valence-electron chi connectivity index (χ3n) is 7.51. The summed E-state index contributed by atoms with van der Waals surface area (Å²) in [6, 6.07) is 18.9. The van der Waals surface area contributed by atoms with Crippen LogP contribution in [0.15, 0.2) is 72.8 Å². The van der Waals surface area contributed by atoms with Crippen molar-refractivity contribution in [3.05, 3.63) is 95.1 Å². The Bertz CT molecular complexity index is 1170. The normalized spacial score (nSPS) is 16.7. The van der Waals surface area contributed by atoms with Crippen LogP contribution in [0.25, 0.3) is 11.1 Å². The van der Waals surface area contributed by atoms with Gasteiger partial charge in [-0.25, -0.2) is 0 Å². The van der Waals surface area contributed by atoms with Gasteiger partial charge >= 0.3 is 12.4 Å². The summed E-state index contributed by atoms with van der Waals surface area (Å²) in [5.41, 5.74) is 2.42. The van der Waals surface area contributed by atoms with Gasteiger partial charge in [-0.2, -0.15) is 26.3 Å². The highest BCUT2D eigenvalue weighted by Gasteiger charge is 2.32. The van der Waals surface area contributed by atoms with Gasteiger partial charge in [0.2, 0.25) is 0 Å². The van der Waals surface area contributed by atoms with Gasteiger partial charge < -0.3 is 0 Å². The van der Waals surface area contributed by atoms with Crippen molar-refractivity contribution in [3.8, 4) is 11.1 Å². The van der Waals surface area contributed by atoms with E-state index in [9.17, 15) is 26.3 Å². The minimum absolute atomic E-state index is 0.0686. The minimum Gasteiger partial charge on any atom is -0.296 e. The molecule has 3 aromatic rings. The second-order valence-corrected chi connectivity index (χ2v) is 10.6. The molecule has 0 amide bonds. The lowest BCUT2D eigenvalue weighted by Crippen LogP contribution is -2.36. The minimum atomic E-state index is -4.36. The van der Waals surface area contributed by atoms with E-state index in [1.165, 1.54) is 24.3 Å². The lowest BCUT2D eigenvalue weighted by atomic mass is 9.86. The van der Waals surface area contributed by atoms with Crippen LogP contribution in [-0.2, 0) is 12.4 Å². The van der Waals surface area contributed by atoms with E-state index in [1.54, 1.807) is 12.1 Å². The third-order valence-corrected chi connectivity index (χ3v) is 7.51. The summed E-state index contributed by atoms with van der Waals surface area (Å²) < 4.78 is 78.0. The molecular formula is C31H33F6N. The largest absolute Gasteiger partial charge is 0.416 e. The van der Waals surface area contributed by atoms with Crippen molar-refractivity contribution >= 4 is 0 Å². The summed E-state index contributed by atoms with van der Waals surface area (Å²) in [5.74, 6) is 0.816. The van der Waals surface area contributed by atoms with Gasteiger partial charge in [0, 0.05) is 6.04 Å². The molecule has 7 heteroatoms. The van der Waals surface area contributed by atoms with Crippen LogP contribution in [0.4, 0.5) is 26.3 Å². The molecule has 1 aliphatic rings. The summed E-state index contributed by atoms with van der Waals surface area (Å²) >= 11 is 0. The first kappa shape index (κ1) is 28.2. The molecule has 1 aliphatic heterocycles. The van der Waals surface area contributed by atoms with Crippen molar-refractivity contribution in [2.45, 2.75) is 63.8 Å². The highest BCUT2D eigenvalue weighted by molar-refractivity contribution is 5.64. The third kappa shape index (κ3) is 6.99. The Morgan fingerprint density at radius 2 is 1.26 bits per heavy atom. The van der Waals surface area contributed by atoms with Gasteiger partial charge in [0.05, 0.1) is 11.1 Å². The smallest absolute Gasteiger partial charge is 0.296 e. The van der Waals surface area contributed by atoms with E-state index >= 15 is 0 Å². The van der Waals surface area contributed by atoms with Crippen molar-refractivity contribution in [1.82, 2.24) is 4.90 Å². The van der Waals surface area contributed by atoms with Crippen molar-refractivity contribution < 1.29 is 26.3 Å². The zero-order valence-corrected chi connectivity index (χ0v) is 21.6. The SMILES string of the molecule is CC(C)CCC(c1ccc(C(F)(F)F)cc1)N1CCC(c2cccc(-c3ccc(C(F)(F)F)cc3)c2)CC1. The number of rotatable bonds is 7. The molecule has 1 unspecified atom stereocenters. The number of piperidine rings is 1. The number of hydrogen-bond acceptors (Lipinski definition) is 1. The van der Waals surface area contributed by atoms with E-state index < -0.39 is 23.5 Å². The van der Waals surface area contributed by atoms with Gasteiger partial charge in [0.15, 0.2) is 0 Å². The molecule has 3 aromatic carbocycles. The molecule has 0 aromatic heterocycles. The summed E-state index contributed by atoms with van der Waals surface area (Å²) in [7, 11) is 0. The van der Waals surface area contributed by atoms with Gasteiger partial charge in [-0.05, 0) is 97.1 Å². The van der Waals surface area contributed by atoms with Gasteiger partial charge in [0.25, 0.3) is 0 Å². The molecule has 0 aliphatic carbocycles. The molecule has 1 fully saturated rings. The van der Waals surface area contributed by atoms with Gasteiger partial charge in [-0.15, -0.1) is 0 Å². The number of halogens is 6. The molecule has 1 heterocycles. The maximum absolute atomic E-state index is 13.1. The summed E-state index contributed by atoms with van der Waals surface area (Å²) in [4.78, 5) is 2.39. The van der Waals surface area contributed by atoms with Gasteiger partial charge in [0.1, 0.15) is 0 Å². The summed E-state index contributed by atoms with van der Waals surface area (Å²) in [6.07, 6.45) is -5.01. The van der Waals surface area contributed by atoms with E-state index in [2.05, 4.69) is 30.9 Å². The van der Waals surface area contributed by atoms with Crippen molar-refractivity contribution in [2.75, 3.05) is 13.1 Å². The summed E-state index contributed by atoms with van der Waals surface area (Å²) in [6.45, 7) is 5.97. The van der Waals surface area contributed by atoms with Gasteiger partial charge in [-0.3, -0.25) is 4.90 Å². The average molecular weight is 534 g/mol. The van der Waals surface area contributed by atoms with Crippen LogP contribution in [0.1, 0.15) is 73.7 Å².